The van der Waals surface area contributed by atoms with Crippen LogP contribution >= 0.6 is 0 Å². The summed E-state index contributed by atoms with van der Waals surface area (Å²) in [6.07, 6.45) is 2.01. The van der Waals surface area contributed by atoms with Crippen LogP contribution in [0.4, 0.5) is 0 Å². The van der Waals surface area contributed by atoms with E-state index >= 15 is 0 Å². The Labute approximate surface area is 89.4 Å². The molecule has 0 heterocycles. The average molecular weight is 195 g/mol. The third kappa shape index (κ3) is 1.82. The summed E-state index contributed by atoms with van der Waals surface area (Å²) in [6.45, 7) is 1.92. The number of hydrogen-bond acceptors (Lipinski definition) is 1. The van der Waals surface area contributed by atoms with Crippen LogP contribution in [-0.4, -0.2) is 6.29 Å². The minimum Gasteiger partial charge on any atom is -0.285 e. The Morgan fingerprint density at radius 1 is 0.933 bits per heavy atom. The largest absolute Gasteiger partial charge is 0.285 e. The van der Waals surface area contributed by atoms with E-state index in [1.54, 1.807) is 0 Å². The molecule has 1 heteroatoms. The molecule has 15 heavy (non-hydrogen) atoms. The van der Waals surface area contributed by atoms with Crippen molar-refractivity contribution in [2.24, 2.45) is 0 Å². The van der Waals surface area contributed by atoms with Gasteiger partial charge >= 0.3 is 0 Å². The van der Waals surface area contributed by atoms with Crippen LogP contribution in [-0.2, 0) is 4.79 Å². The van der Waals surface area contributed by atoms with Gasteiger partial charge in [-0.25, -0.2) is 0 Å². The first kappa shape index (κ1) is 9.66. The Hall–Kier alpha value is -1.89. The molecule has 0 bridgehead atoms. The van der Waals surface area contributed by atoms with E-state index in [1.807, 2.05) is 61.7 Å². The predicted molar refractivity (Wildman–Crippen MR) is 61.4 cm³/mol. The van der Waals surface area contributed by atoms with Gasteiger partial charge < -0.3 is 0 Å². The highest BCUT2D eigenvalue weighted by Crippen LogP contribution is 2.24. The second-order valence-corrected chi connectivity index (χ2v) is 3.47. The van der Waals surface area contributed by atoms with Crippen LogP contribution in [0.5, 0.6) is 0 Å². The highest BCUT2D eigenvalue weighted by atomic mass is 16.1. The van der Waals surface area contributed by atoms with Gasteiger partial charge in [0.05, 0.1) is 0 Å². The van der Waals surface area contributed by atoms with Crippen molar-refractivity contribution >= 4 is 6.29 Å². The molecule has 0 aliphatic carbocycles. The summed E-state index contributed by atoms with van der Waals surface area (Å²) in [6, 6.07) is 15.7. The van der Waals surface area contributed by atoms with Crippen LogP contribution in [0.2, 0.25) is 0 Å². The Balaban J connectivity index is 2.63. The van der Waals surface area contributed by atoms with E-state index in [-0.39, 0.29) is 0 Å². The lowest BCUT2D eigenvalue weighted by molar-refractivity contribution is 0.562. The standard InChI is InChI=1S/C14H11O/c1-11-6-5-9-13(14(11)10-15)12-7-3-2-4-8-12/h2-9H,1H3. The summed E-state index contributed by atoms with van der Waals surface area (Å²) in [4.78, 5) is 10.9. The number of benzene rings is 2. The van der Waals surface area contributed by atoms with Crippen LogP contribution in [0, 0.1) is 6.92 Å². The van der Waals surface area contributed by atoms with Crippen molar-refractivity contribution in [1.29, 1.82) is 0 Å². The van der Waals surface area contributed by atoms with E-state index in [0.29, 0.717) is 5.56 Å². The second-order valence-electron chi connectivity index (χ2n) is 3.47. The molecule has 0 amide bonds. The molecular formula is C14H11O. The number of hydrogen-bond donors (Lipinski definition) is 0. The van der Waals surface area contributed by atoms with E-state index < -0.39 is 0 Å². The molecule has 73 valence electrons. The zero-order valence-corrected chi connectivity index (χ0v) is 8.53. The van der Waals surface area contributed by atoms with Gasteiger partial charge in [0.1, 0.15) is 0 Å². The molecule has 0 aliphatic rings. The van der Waals surface area contributed by atoms with Gasteiger partial charge in [0.15, 0.2) is 0 Å². The monoisotopic (exact) mass is 195 g/mol. The van der Waals surface area contributed by atoms with Crippen LogP contribution in [0.3, 0.4) is 0 Å². The summed E-state index contributed by atoms with van der Waals surface area (Å²) >= 11 is 0. The van der Waals surface area contributed by atoms with E-state index in [2.05, 4.69) is 0 Å². The smallest absolute Gasteiger partial charge is 0.234 e. The molecule has 1 nitrogen and oxygen atoms in total. The summed E-state index contributed by atoms with van der Waals surface area (Å²) in [5.41, 5.74) is 3.63. The second kappa shape index (κ2) is 4.09. The predicted octanol–water partition coefficient (Wildman–Crippen LogP) is 3.12. The third-order valence-corrected chi connectivity index (χ3v) is 2.46. The molecule has 0 aliphatic heterocycles. The van der Waals surface area contributed by atoms with Gasteiger partial charge in [-0.2, -0.15) is 0 Å². The first-order valence-electron chi connectivity index (χ1n) is 4.86. The van der Waals surface area contributed by atoms with Gasteiger partial charge in [0.2, 0.25) is 6.29 Å². The van der Waals surface area contributed by atoms with Gasteiger partial charge in [-0.1, -0.05) is 48.5 Å². The fourth-order valence-corrected chi connectivity index (χ4v) is 1.66. The maximum Gasteiger partial charge on any atom is 0.234 e. The zero-order chi connectivity index (χ0) is 10.7. The van der Waals surface area contributed by atoms with E-state index in [9.17, 15) is 4.79 Å². The minimum atomic E-state index is 0.656. The normalized spacial score (nSPS) is 9.93. The fraction of sp³-hybridized carbons (Fsp3) is 0.0714. The van der Waals surface area contributed by atoms with Crippen molar-refractivity contribution in [2.75, 3.05) is 0 Å². The molecule has 0 spiro atoms. The maximum absolute atomic E-state index is 10.9. The summed E-state index contributed by atoms with van der Waals surface area (Å²) in [5.74, 6) is 0. The fourth-order valence-electron chi connectivity index (χ4n) is 1.66. The highest BCUT2D eigenvalue weighted by molar-refractivity contribution is 5.89. The maximum atomic E-state index is 10.9. The van der Waals surface area contributed by atoms with Crippen LogP contribution in [0.1, 0.15) is 11.1 Å². The van der Waals surface area contributed by atoms with Gasteiger partial charge in [0, 0.05) is 5.56 Å². The molecule has 0 N–H and O–H groups in total. The summed E-state index contributed by atoms with van der Waals surface area (Å²) in [5, 5.41) is 0. The van der Waals surface area contributed by atoms with Crippen LogP contribution < -0.4 is 0 Å². The molecule has 0 aromatic heterocycles. The lowest BCUT2D eigenvalue weighted by atomic mass is 9.97. The Bertz CT molecular complexity index is 472. The minimum absolute atomic E-state index is 0.656. The van der Waals surface area contributed by atoms with Gasteiger partial charge in [-0.05, 0) is 23.6 Å². The lowest BCUT2D eigenvalue weighted by Crippen LogP contribution is -1.91. The summed E-state index contributed by atoms with van der Waals surface area (Å²) in [7, 11) is 0. The molecule has 2 aromatic rings. The van der Waals surface area contributed by atoms with Gasteiger partial charge in [-0.15, -0.1) is 0 Å². The topological polar surface area (TPSA) is 17.1 Å². The van der Waals surface area contributed by atoms with Crippen LogP contribution in [0.15, 0.2) is 48.5 Å². The lowest BCUT2D eigenvalue weighted by Gasteiger charge is -2.06. The van der Waals surface area contributed by atoms with E-state index in [0.717, 1.165) is 16.7 Å². The van der Waals surface area contributed by atoms with Crippen molar-refractivity contribution in [2.45, 2.75) is 6.92 Å². The van der Waals surface area contributed by atoms with E-state index in [1.165, 1.54) is 0 Å². The first-order valence-corrected chi connectivity index (χ1v) is 4.86. The molecule has 0 fully saturated rings. The molecule has 0 atom stereocenters. The molecule has 2 aromatic carbocycles. The van der Waals surface area contributed by atoms with Crippen LogP contribution in [0.25, 0.3) is 11.1 Å². The van der Waals surface area contributed by atoms with Crippen molar-refractivity contribution < 1.29 is 4.79 Å². The van der Waals surface area contributed by atoms with E-state index in [4.69, 9.17) is 0 Å². The average Bonchev–Trinajstić information content (AvgIpc) is 2.30. The van der Waals surface area contributed by atoms with Gasteiger partial charge in [-0.3, -0.25) is 4.79 Å². The van der Waals surface area contributed by atoms with Crippen molar-refractivity contribution in [1.82, 2.24) is 0 Å². The molecule has 1 radical (unpaired) electrons. The molecule has 0 saturated heterocycles. The molecule has 0 saturated carbocycles. The highest BCUT2D eigenvalue weighted by Gasteiger charge is 2.06. The number of carbonyl (C=O) groups excluding carboxylic acids is 1. The third-order valence-electron chi connectivity index (χ3n) is 2.46. The van der Waals surface area contributed by atoms with Crippen molar-refractivity contribution in [3.8, 4) is 11.1 Å². The van der Waals surface area contributed by atoms with Crippen molar-refractivity contribution in [3.05, 3.63) is 59.7 Å². The molecule has 0 unspecified atom stereocenters. The Kier molecular flexibility index (Phi) is 2.64. The Morgan fingerprint density at radius 2 is 1.67 bits per heavy atom. The number of rotatable bonds is 2. The zero-order valence-electron chi connectivity index (χ0n) is 8.53. The quantitative estimate of drug-likeness (QED) is 0.719. The summed E-state index contributed by atoms with van der Waals surface area (Å²) < 4.78 is 0. The first-order chi connectivity index (χ1) is 7.33. The molecular weight excluding hydrogens is 184 g/mol. The SMILES string of the molecule is Cc1cccc(-c2ccccc2)c1[C]=O. The Morgan fingerprint density at radius 3 is 2.33 bits per heavy atom. The van der Waals surface area contributed by atoms with Crippen molar-refractivity contribution in [3.63, 3.8) is 0 Å². The number of aryl methyl sites for hydroxylation is 1. The van der Waals surface area contributed by atoms with Gasteiger partial charge in [0.25, 0.3) is 0 Å². The molecule has 2 rings (SSSR count).